The molecule has 0 aliphatic carbocycles. The van der Waals surface area contributed by atoms with Crippen molar-refractivity contribution in [1.29, 1.82) is 0 Å². The number of carbonyl (C=O) groups excluding carboxylic acids is 2. The van der Waals surface area contributed by atoms with Gasteiger partial charge in [-0.1, -0.05) is 37.6 Å². The van der Waals surface area contributed by atoms with Gasteiger partial charge in [-0.25, -0.2) is 9.38 Å². The minimum Gasteiger partial charge on any atom is -0.369 e. The Balaban J connectivity index is 1.79. The van der Waals surface area contributed by atoms with E-state index in [9.17, 15) is 14.0 Å². The average molecular weight is 459 g/mol. The van der Waals surface area contributed by atoms with Gasteiger partial charge in [-0.15, -0.1) is 0 Å². The number of nitrogens with zero attached hydrogens (tertiary/aromatic N) is 2. The number of carbonyl (C=O) groups is 2. The highest BCUT2D eigenvalue weighted by molar-refractivity contribution is 6.30. The van der Waals surface area contributed by atoms with E-state index in [2.05, 4.69) is 10.3 Å². The fourth-order valence-corrected chi connectivity index (χ4v) is 3.79. The summed E-state index contributed by atoms with van der Waals surface area (Å²) in [6.07, 6.45) is 0.213. The molecule has 1 heterocycles. The molecule has 0 radical (unpaired) electrons. The molecular weight excluding hydrogens is 431 g/mol. The van der Waals surface area contributed by atoms with Gasteiger partial charge in [0.25, 0.3) is 5.91 Å². The maximum atomic E-state index is 14.3. The lowest BCUT2D eigenvalue weighted by Crippen LogP contribution is -2.51. The number of amides is 2. The van der Waals surface area contributed by atoms with Gasteiger partial charge in [0, 0.05) is 10.6 Å². The van der Waals surface area contributed by atoms with E-state index in [1.807, 2.05) is 33.8 Å². The second-order valence-electron chi connectivity index (χ2n) is 8.74. The summed E-state index contributed by atoms with van der Waals surface area (Å²) in [5, 5.41) is 3.41. The fraction of sp³-hybridized carbons (Fsp3) is 0.375. The van der Waals surface area contributed by atoms with Crippen LogP contribution in [0.2, 0.25) is 5.02 Å². The smallest absolute Gasteiger partial charge is 0.251 e. The van der Waals surface area contributed by atoms with Crippen molar-refractivity contribution in [1.82, 2.24) is 10.2 Å². The summed E-state index contributed by atoms with van der Waals surface area (Å²) < 4.78 is 14.3. The van der Waals surface area contributed by atoms with Crippen LogP contribution in [0.4, 0.5) is 4.39 Å². The van der Waals surface area contributed by atoms with Gasteiger partial charge in [-0.05, 0) is 61.2 Å². The van der Waals surface area contributed by atoms with Crippen LogP contribution in [0, 0.1) is 11.7 Å². The van der Waals surface area contributed by atoms with Crippen molar-refractivity contribution in [3.8, 4) is 0 Å². The van der Waals surface area contributed by atoms with Crippen LogP contribution >= 0.6 is 11.6 Å². The molecular formula is C24H28ClFN4O2. The number of hydrogen-bond donors (Lipinski definition) is 2. The highest BCUT2D eigenvalue weighted by atomic mass is 35.5. The van der Waals surface area contributed by atoms with Gasteiger partial charge in [0.05, 0.1) is 24.5 Å². The minimum absolute atomic E-state index is 0.0320. The van der Waals surface area contributed by atoms with Crippen molar-refractivity contribution in [2.24, 2.45) is 16.6 Å². The molecule has 32 heavy (non-hydrogen) atoms. The molecule has 0 aromatic heterocycles. The SMILES string of the molecule is CC(NC(=O)c1cc(F)cc(CN2C(=O)CC(C)(C(C)C)N=C2N)c1)c1cccc(Cl)c1. The minimum atomic E-state index is -0.574. The summed E-state index contributed by atoms with van der Waals surface area (Å²) in [5.41, 5.74) is 6.95. The molecule has 0 saturated heterocycles. The van der Waals surface area contributed by atoms with Crippen LogP contribution in [0.1, 0.15) is 61.6 Å². The summed E-state index contributed by atoms with van der Waals surface area (Å²) in [4.78, 5) is 31.3. The molecule has 170 valence electrons. The third kappa shape index (κ3) is 5.27. The van der Waals surface area contributed by atoms with Crippen LogP contribution in [0.15, 0.2) is 47.5 Å². The van der Waals surface area contributed by atoms with Gasteiger partial charge in [-0.2, -0.15) is 0 Å². The van der Waals surface area contributed by atoms with E-state index in [0.29, 0.717) is 10.6 Å². The standard InChI is InChI=1S/C24H28ClFN4O2/c1-14(2)24(4)12-21(31)30(23(27)29-24)13-16-8-18(11-20(26)9-16)22(32)28-15(3)17-6-5-7-19(25)10-17/h5-11,14-15H,12-13H2,1-4H3,(H2,27,29)(H,28,32). The maximum Gasteiger partial charge on any atom is 0.251 e. The van der Waals surface area contributed by atoms with E-state index in [4.69, 9.17) is 17.3 Å². The Morgan fingerprint density at radius 1 is 1.28 bits per heavy atom. The van der Waals surface area contributed by atoms with Crippen LogP contribution in [0.3, 0.4) is 0 Å². The lowest BCUT2D eigenvalue weighted by Gasteiger charge is -2.37. The first-order chi connectivity index (χ1) is 15.0. The molecule has 2 atom stereocenters. The van der Waals surface area contributed by atoms with Crippen molar-refractivity contribution in [2.45, 2.75) is 52.2 Å². The molecule has 2 aromatic rings. The Bertz CT molecular complexity index is 1070. The molecule has 8 heteroatoms. The Kier molecular flexibility index (Phi) is 6.88. The van der Waals surface area contributed by atoms with Crippen molar-refractivity contribution < 1.29 is 14.0 Å². The quantitative estimate of drug-likeness (QED) is 0.671. The molecule has 1 aliphatic heterocycles. The first kappa shape index (κ1) is 23.7. The molecule has 2 amide bonds. The summed E-state index contributed by atoms with van der Waals surface area (Å²) in [7, 11) is 0. The van der Waals surface area contributed by atoms with Crippen LogP contribution in [0.5, 0.6) is 0 Å². The van der Waals surface area contributed by atoms with Gasteiger partial charge in [-0.3, -0.25) is 14.5 Å². The van der Waals surface area contributed by atoms with Crippen molar-refractivity contribution >= 4 is 29.4 Å². The number of guanidine groups is 1. The molecule has 1 aliphatic rings. The molecule has 0 bridgehead atoms. The molecule has 0 spiro atoms. The monoisotopic (exact) mass is 458 g/mol. The van der Waals surface area contributed by atoms with E-state index >= 15 is 0 Å². The van der Waals surface area contributed by atoms with E-state index in [1.54, 1.807) is 24.3 Å². The summed E-state index contributed by atoms with van der Waals surface area (Å²) in [5.74, 6) is -0.953. The first-order valence-electron chi connectivity index (χ1n) is 10.5. The van der Waals surface area contributed by atoms with Gasteiger partial charge >= 0.3 is 0 Å². The van der Waals surface area contributed by atoms with Crippen LogP contribution in [-0.4, -0.2) is 28.2 Å². The zero-order valence-electron chi connectivity index (χ0n) is 18.7. The van der Waals surface area contributed by atoms with Crippen LogP contribution in [-0.2, 0) is 11.3 Å². The number of nitrogens with two attached hydrogens (primary N) is 1. The van der Waals surface area contributed by atoms with E-state index in [1.165, 1.54) is 11.0 Å². The predicted molar refractivity (Wildman–Crippen MR) is 124 cm³/mol. The molecule has 0 fully saturated rings. The topological polar surface area (TPSA) is 87.8 Å². The fourth-order valence-electron chi connectivity index (χ4n) is 3.59. The zero-order chi connectivity index (χ0) is 23.6. The number of nitrogens with one attached hydrogen (secondary N) is 1. The molecule has 2 aromatic carbocycles. The van der Waals surface area contributed by atoms with Crippen molar-refractivity contribution in [3.63, 3.8) is 0 Å². The van der Waals surface area contributed by atoms with E-state index < -0.39 is 17.3 Å². The lowest BCUT2D eigenvalue weighted by atomic mass is 9.84. The second kappa shape index (κ2) is 9.28. The largest absolute Gasteiger partial charge is 0.369 e. The van der Waals surface area contributed by atoms with Crippen molar-refractivity contribution in [2.75, 3.05) is 0 Å². The van der Waals surface area contributed by atoms with Crippen LogP contribution < -0.4 is 11.1 Å². The lowest BCUT2D eigenvalue weighted by molar-refractivity contribution is -0.130. The van der Waals surface area contributed by atoms with Crippen LogP contribution in [0.25, 0.3) is 0 Å². The highest BCUT2D eigenvalue weighted by Crippen LogP contribution is 2.30. The normalized spacial score (nSPS) is 19.7. The summed E-state index contributed by atoms with van der Waals surface area (Å²) in [6, 6.07) is 10.8. The molecule has 0 saturated carbocycles. The third-order valence-electron chi connectivity index (χ3n) is 5.96. The van der Waals surface area contributed by atoms with E-state index in [0.717, 1.165) is 11.6 Å². The Morgan fingerprint density at radius 2 is 2.00 bits per heavy atom. The number of hydrogen-bond acceptors (Lipinski definition) is 4. The molecule has 3 rings (SSSR count). The third-order valence-corrected chi connectivity index (χ3v) is 6.19. The number of rotatable bonds is 6. The predicted octanol–water partition coefficient (Wildman–Crippen LogP) is 4.43. The number of benzene rings is 2. The Hall–Kier alpha value is -2.93. The molecule has 3 N–H and O–H groups in total. The van der Waals surface area contributed by atoms with Gasteiger partial charge in [0.2, 0.25) is 5.91 Å². The Labute approximate surface area is 192 Å². The van der Waals surface area contributed by atoms with Gasteiger partial charge < -0.3 is 11.1 Å². The number of aliphatic imine (C=N–C) groups is 1. The molecule has 6 nitrogen and oxygen atoms in total. The van der Waals surface area contributed by atoms with Gasteiger partial charge in [0.1, 0.15) is 5.82 Å². The van der Waals surface area contributed by atoms with Gasteiger partial charge in [0.15, 0.2) is 5.96 Å². The maximum absolute atomic E-state index is 14.3. The summed E-state index contributed by atoms with van der Waals surface area (Å²) >= 11 is 6.02. The summed E-state index contributed by atoms with van der Waals surface area (Å²) in [6.45, 7) is 7.72. The number of halogens is 2. The average Bonchev–Trinajstić information content (AvgIpc) is 2.70. The highest BCUT2D eigenvalue weighted by Gasteiger charge is 2.38. The Morgan fingerprint density at radius 3 is 2.62 bits per heavy atom. The molecule has 2 unspecified atom stereocenters. The zero-order valence-corrected chi connectivity index (χ0v) is 19.4. The van der Waals surface area contributed by atoms with E-state index in [-0.39, 0.29) is 42.4 Å². The van der Waals surface area contributed by atoms with Crippen molar-refractivity contribution in [3.05, 3.63) is 70.0 Å². The second-order valence-corrected chi connectivity index (χ2v) is 9.17. The first-order valence-corrected chi connectivity index (χ1v) is 10.9.